The summed E-state index contributed by atoms with van der Waals surface area (Å²) in [6.07, 6.45) is -1.96. The Kier molecular flexibility index (Phi) is 4.76. The van der Waals surface area contributed by atoms with Crippen molar-refractivity contribution in [3.8, 4) is 5.75 Å². The summed E-state index contributed by atoms with van der Waals surface area (Å²) in [4.78, 5) is -0.0557. The van der Waals surface area contributed by atoms with E-state index >= 15 is 0 Å². The van der Waals surface area contributed by atoms with E-state index < -0.39 is 22.1 Å². The number of sulfonamides is 1. The molecule has 0 radical (unpaired) electrons. The smallest absolute Gasteiger partial charge is 0.406 e. The van der Waals surface area contributed by atoms with Crippen LogP contribution in [0, 0.1) is 5.92 Å². The van der Waals surface area contributed by atoms with Crippen LogP contribution in [0.25, 0.3) is 0 Å². The van der Waals surface area contributed by atoms with Crippen molar-refractivity contribution in [1.29, 1.82) is 0 Å². The van der Waals surface area contributed by atoms with Gasteiger partial charge in [0, 0.05) is 19.7 Å². The Morgan fingerprint density at radius 2 is 1.79 bits per heavy atom. The second-order valence-electron chi connectivity index (χ2n) is 6.07. The number of ether oxygens (including phenoxy) is 2. The third-order valence-electron chi connectivity index (χ3n) is 4.07. The third kappa shape index (κ3) is 4.40. The zero-order chi connectivity index (χ0) is 17.4. The Morgan fingerprint density at radius 3 is 2.38 bits per heavy atom. The molecular formula is C15H18F3NO4S. The fraction of sp³-hybridized carbons (Fsp3) is 0.600. The number of benzene rings is 1. The van der Waals surface area contributed by atoms with E-state index in [1.54, 1.807) is 0 Å². The van der Waals surface area contributed by atoms with Gasteiger partial charge in [-0.25, -0.2) is 8.42 Å². The molecule has 0 bridgehead atoms. The number of rotatable bonds is 6. The van der Waals surface area contributed by atoms with Crippen LogP contribution in [0.15, 0.2) is 29.2 Å². The molecule has 0 spiro atoms. The first kappa shape index (κ1) is 17.5. The van der Waals surface area contributed by atoms with Crippen LogP contribution in [0.3, 0.4) is 0 Å². The van der Waals surface area contributed by atoms with E-state index in [0.29, 0.717) is 25.5 Å². The van der Waals surface area contributed by atoms with Gasteiger partial charge in [0.25, 0.3) is 0 Å². The summed E-state index contributed by atoms with van der Waals surface area (Å²) in [5.41, 5.74) is 0. The first-order chi connectivity index (χ1) is 11.2. The van der Waals surface area contributed by atoms with Gasteiger partial charge in [0.05, 0.1) is 11.0 Å². The molecule has 1 aliphatic carbocycles. The van der Waals surface area contributed by atoms with Gasteiger partial charge in [-0.05, 0) is 49.4 Å². The highest BCUT2D eigenvalue weighted by atomic mass is 32.2. The van der Waals surface area contributed by atoms with Crippen molar-refractivity contribution in [2.24, 2.45) is 5.92 Å². The minimum absolute atomic E-state index is 0.0557. The summed E-state index contributed by atoms with van der Waals surface area (Å²) < 4.78 is 72.2. The van der Waals surface area contributed by atoms with Crippen molar-refractivity contribution in [2.75, 3.05) is 19.7 Å². The Hall–Kier alpha value is -1.32. The van der Waals surface area contributed by atoms with Crippen LogP contribution < -0.4 is 4.74 Å². The fourth-order valence-electron chi connectivity index (χ4n) is 2.57. The van der Waals surface area contributed by atoms with Crippen molar-refractivity contribution >= 4 is 10.0 Å². The van der Waals surface area contributed by atoms with Crippen LogP contribution in [0.1, 0.15) is 19.3 Å². The molecule has 1 saturated heterocycles. The van der Waals surface area contributed by atoms with E-state index in [1.165, 1.54) is 17.1 Å². The van der Waals surface area contributed by atoms with Crippen LogP contribution in [0.5, 0.6) is 5.75 Å². The Bertz CT molecular complexity index is 671. The van der Waals surface area contributed by atoms with E-state index in [-0.39, 0.29) is 17.5 Å². The normalized spacial score (nSPS) is 22.7. The first-order valence-electron chi connectivity index (χ1n) is 7.71. The highest BCUT2D eigenvalue weighted by molar-refractivity contribution is 7.89. The molecule has 1 atom stereocenters. The first-order valence-corrected chi connectivity index (χ1v) is 9.15. The summed E-state index contributed by atoms with van der Waals surface area (Å²) in [6, 6.07) is 4.23. The number of nitrogens with zero attached hydrogens (tertiary/aromatic N) is 1. The summed E-state index contributed by atoms with van der Waals surface area (Å²) in [7, 11) is -3.74. The lowest BCUT2D eigenvalue weighted by Gasteiger charge is -2.17. The zero-order valence-electron chi connectivity index (χ0n) is 12.8. The molecule has 1 aliphatic heterocycles. The lowest BCUT2D eigenvalue weighted by atomic mass is 10.3. The van der Waals surface area contributed by atoms with Crippen molar-refractivity contribution in [3.05, 3.63) is 24.3 Å². The maximum absolute atomic E-state index is 12.5. The van der Waals surface area contributed by atoms with Crippen LogP contribution in [0.2, 0.25) is 0 Å². The lowest BCUT2D eigenvalue weighted by Crippen LogP contribution is -2.30. The SMILES string of the molecule is O=S(=O)(c1ccc(OC(F)(F)F)cc1)N1CC[C@@H](OCC2CC2)C1. The van der Waals surface area contributed by atoms with Crippen molar-refractivity contribution in [1.82, 2.24) is 4.31 Å². The Morgan fingerprint density at radius 1 is 1.12 bits per heavy atom. The van der Waals surface area contributed by atoms with Crippen molar-refractivity contribution in [3.63, 3.8) is 0 Å². The number of halogens is 3. The van der Waals surface area contributed by atoms with Crippen LogP contribution >= 0.6 is 0 Å². The van der Waals surface area contributed by atoms with Crippen LogP contribution in [-0.2, 0) is 14.8 Å². The van der Waals surface area contributed by atoms with Crippen LogP contribution in [0.4, 0.5) is 13.2 Å². The largest absolute Gasteiger partial charge is 0.573 e. The molecule has 1 heterocycles. The number of hydrogen-bond donors (Lipinski definition) is 0. The van der Waals surface area contributed by atoms with Gasteiger partial charge >= 0.3 is 6.36 Å². The minimum atomic E-state index is -4.80. The summed E-state index contributed by atoms with van der Waals surface area (Å²) in [5, 5.41) is 0. The molecule has 9 heteroatoms. The van der Waals surface area contributed by atoms with E-state index in [4.69, 9.17) is 4.74 Å². The monoisotopic (exact) mass is 365 g/mol. The second-order valence-corrected chi connectivity index (χ2v) is 8.01. The second kappa shape index (κ2) is 6.53. The molecule has 0 amide bonds. The minimum Gasteiger partial charge on any atom is -0.406 e. The standard InChI is InChI=1S/C15H18F3NO4S/c16-15(17,18)23-12-3-5-14(6-4-12)24(20,21)19-8-7-13(9-19)22-10-11-1-2-11/h3-6,11,13H,1-2,7-10H2/t13-/m1/s1. The van der Waals surface area contributed by atoms with Gasteiger partial charge in [-0.3, -0.25) is 0 Å². The highest BCUT2D eigenvalue weighted by Gasteiger charge is 2.35. The van der Waals surface area contributed by atoms with E-state index in [1.807, 2.05) is 0 Å². The van der Waals surface area contributed by atoms with Gasteiger partial charge in [-0.15, -0.1) is 13.2 Å². The molecule has 3 rings (SSSR count). The topological polar surface area (TPSA) is 55.8 Å². The van der Waals surface area contributed by atoms with Crippen molar-refractivity contribution < 1.29 is 31.1 Å². The van der Waals surface area contributed by atoms with Gasteiger partial charge in [-0.1, -0.05) is 0 Å². The van der Waals surface area contributed by atoms with Gasteiger partial charge in [0.1, 0.15) is 5.75 Å². The quantitative estimate of drug-likeness (QED) is 0.778. The van der Waals surface area contributed by atoms with Gasteiger partial charge in [0.15, 0.2) is 0 Å². The molecule has 0 aromatic heterocycles. The average molecular weight is 365 g/mol. The molecule has 1 saturated carbocycles. The molecule has 134 valence electrons. The third-order valence-corrected chi connectivity index (χ3v) is 5.95. The molecule has 24 heavy (non-hydrogen) atoms. The summed E-state index contributed by atoms with van der Waals surface area (Å²) in [6.45, 7) is 1.29. The van der Waals surface area contributed by atoms with Gasteiger partial charge in [0.2, 0.25) is 10.0 Å². The average Bonchev–Trinajstić information content (AvgIpc) is 3.20. The van der Waals surface area contributed by atoms with E-state index in [0.717, 1.165) is 24.3 Å². The zero-order valence-corrected chi connectivity index (χ0v) is 13.6. The number of alkyl halides is 3. The molecule has 1 aromatic rings. The molecule has 2 fully saturated rings. The van der Waals surface area contributed by atoms with Crippen molar-refractivity contribution in [2.45, 2.75) is 36.6 Å². The summed E-state index contributed by atoms with van der Waals surface area (Å²) in [5.74, 6) is 0.158. The molecular weight excluding hydrogens is 347 g/mol. The maximum Gasteiger partial charge on any atom is 0.573 e. The number of hydrogen-bond acceptors (Lipinski definition) is 4. The van der Waals surface area contributed by atoms with E-state index in [9.17, 15) is 21.6 Å². The van der Waals surface area contributed by atoms with Crippen LogP contribution in [-0.4, -0.2) is 44.9 Å². The Labute approximate surface area is 138 Å². The fourth-order valence-corrected chi connectivity index (χ4v) is 4.06. The predicted molar refractivity (Wildman–Crippen MR) is 79.0 cm³/mol. The lowest BCUT2D eigenvalue weighted by molar-refractivity contribution is -0.274. The summed E-state index contributed by atoms with van der Waals surface area (Å²) >= 11 is 0. The Balaban J connectivity index is 1.62. The molecule has 0 unspecified atom stereocenters. The molecule has 2 aliphatic rings. The van der Waals surface area contributed by atoms with Gasteiger partial charge < -0.3 is 9.47 Å². The highest BCUT2D eigenvalue weighted by Crippen LogP contribution is 2.31. The molecule has 5 nitrogen and oxygen atoms in total. The predicted octanol–water partition coefficient (Wildman–Crippen LogP) is 2.77. The molecule has 0 N–H and O–H groups in total. The maximum atomic E-state index is 12.5. The van der Waals surface area contributed by atoms with Gasteiger partial charge in [-0.2, -0.15) is 4.31 Å². The van der Waals surface area contributed by atoms with E-state index in [2.05, 4.69) is 4.74 Å². The molecule has 1 aromatic carbocycles.